The maximum Gasteiger partial charge on any atom is 0.328 e. The number of hydrogen-bond acceptors (Lipinski definition) is 3. The van der Waals surface area contributed by atoms with Gasteiger partial charge in [0.15, 0.2) is 0 Å². The van der Waals surface area contributed by atoms with E-state index in [0.717, 1.165) is 19.3 Å². The summed E-state index contributed by atoms with van der Waals surface area (Å²) in [4.78, 5) is 11.3. The first-order valence-electron chi connectivity index (χ1n) is 5.89. The van der Waals surface area contributed by atoms with Crippen LogP contribution in [-0.4, -0.2) is 17.6 Å². The van der Waals surface area contributed by atoms with Crippen molar-refractivity contribution in [3.63, 3.8) is 0 Å². The van der Waals surface area contributed by atoms with Crippen LogP contribution >= 0.6 is 0 Å². The molecule has 0 saturated heterocycles. The monoisotopic (exact) mass is 236 g/mol. The van der Waals surface area contributed by atoms with Crippen LogP contribution in [0.2, 0.25) is 0 Å². The maximum absolute atomic E-state index is 11.3. The average molecular weight is 236 g/mol. The lowest BCUT2D eigenvalue weighted by Gasteiger charge is -2.25. The minimum atomic E-state index is -1.28. The molecule has 5 N–H and O–H groups in total. The molecule has 0 aliphatic rings. The summed E-state index contributed by atoms with van der Waals surface area (Å²) >= 11 is 0. The van der Waals surface area contributed by atoms with E-state index in [-0.39, 0.29) is 0 Å². The third kappa shape index (κ3) is 3.54. The van der Waals surface area contributed by atoms with E-state index in [1.165, 1.54) is 0 Å². The number of carboxylic acid groups (broad SMARTS) is 1. The first kappa shape index (κ1) is 13.7. The fourth-order valence-electron chi connectivity index (χ4n) is 1.84. The lowest BCUT2D eigenvalue weighted by Crippen LogP contribution is -2.44. The molecule has 0 aromatic heterocycles. The second kappa shape index (κ2) is 6.37. The van der Waals surface area contributed by atoms with Crippen LogP contribution in [0.15, 0.2) is 30.3 Å². The van der Waals surface area contributed by atoms with Crippen LogP contribution in [0.5, 0.6) is 0 Å². The average Bonchev–Trinajstić information content (AvgIpc) is 2.35. The van der Waals surface area contributed by atoms with E-state index < -0.39 is 11.5 Å². The Bertz CT molecular complexity index is 354. The van der Waals surface area contributed by atoms with Gasteiger partial charge in [-0.25, -0.2) is 4.79 Å². The van der Waals surface area contributed by atoms with Crippen molar-refractivity contribution >= 4 is 5.97 Å². The molecule has 0 fully saturated rings. The summed E-state index contributed by atoms with van der Waals surface area (Å²) in [6.07, 6.45) is 3.03. The van der Waals surface area contributed by atoms with Crippen molar-refractivity contribution < 1.29 is 9.90 Å². The number of carboxylic acids is 1. The van der Waals surface area contributed by atoms with Crippen LogP contribution in [0.3, 0.4) is 0 Å². The van der Waals surface area contributed by atoms with Gasteiger partial charge in [0, 0.05) is 0 Å². The SMILES string of the molecule is NCCCCC[C@](N)(C(=O)O)c1ccccc1. The van der Waals surface area contributed by atoms with Crippen LogP contribution < -0.4 is 11.5 Å². The number of rotatable bonds is 7. The predicted molar refractivity (Wildman–Crippen MR) is 67.5 cm³/mol. The lowest BCUT2D eigenvalue weighted by molar-refractivity contribution is -0.144. The van der Waals surface area contributed by atoms with Gasteiger partial charge in [0.2, 0.25) is 0 Å². The predicted octanol–water partition coefficient (Wildman–Crippen LogP) is 1.44. The Labute approximate surface area is 102 Å². The molecule has 0 radical (unpaired) electrons. The Morgan fingerprint density at radius 3 is 2.35 bits per heavy atom. The first-order valence-corrected chi connectivity index (χ1v) is 5.89. The zero-order chi connectivity index (χ0) is 12.7. The van der Waals surface area contributed by atoms with E-state index in [1.807, 2.05) is 6.07 Å². The molecule has 0 spiro atoms. The van der Waals surface area contributed by atoms with Crippen molar-refractivity contribution in [3.05, 3.63) is 35.9 Å². The van der Waals surface area contributed by atoms with Crippen LogP contribution in [0, 0.1) is 0 Å². The van der Waals surface area contributed by atoms with Gasteiger partial charge < -0.3 is 16.6 Å². The highest BCUT2D eigenvalue weighted by atomic mass is 16.4. The number of benzene rings is 1. The normalized spacial score (nSPS) is 14.2. The van der Waals surface area contributed by atoms with Crippen molar-refractivity contribution in [2.75, 3.05) is 6.54 Å². The van der Waals surface area contributed by atoms with Gasteiger partial charge in [-0.2, -0.15) is 0 Å². The Kier molecular flexibility index (Phi) is 5.12. The van der Waals surface area contributed by atoms with Gasteiger partial charge >= 0.3 is 5.97 Å². The number of aliphatic carboxylic acids is 1. The standard InChI is InChI=1S/C13H20N2O2/c14-10-6-2-5-9-13(15,12(16)17)11-7-3-1-4-8-11/h1,3-4,7-8H,2,5-6,9-10,14-15H2,(H,16,17)/t13-/m1/s1. The molecule has 0 aliphatic heterocycles. The first-order chi connectivity index (χ1) is 8.11. The van der Waals surface area contributed by atoms with Gasteiger partial charge in [-0.1, -0.05) is 43.2 Å². The molecule has 1 aromatic carbocycles. The molecule has 17 heavy (non-hydrogen) atoms. The van der Waals surface area contributed by atoms with Crippen LogP contribution in [-0.2, 0) is 10.3 Å². The van der Waals surface area contributed by atoms with E-state index in [1.54, 1.807) is 24.3 Å². The summed E-state index contributed by atoms with van der Waals surface area (Å²) in [7, 11) is 0. The second-order valence-corrected chi connectivity index (χ2v) is 4.24. The number of carbonyl (C=O) groups is 1. The molecule has 1 rings (SSSR count). The van der Waals surface area contributed by atoms with Crippen molar-refractivity contribution in [2.45, 2.75) is 31.2 Å². The van der Waals surface area contributed by atoms with Crippen molar-refractivity contribution in [1.29, 1.82) is 0 Å². The molecule has 1 atom stereocenters. The molecule has 4 nitrogen and oxygen atoms in total. The largest absolute Gasteiger partial charge is 0.480 e. The summed E-state index contributed by atoms with van der Waals surface area (Å²) < 4.78 is 0. The van der Waals surface area contributed by atoms with Gasteiger partial charge in [0.05, 0.1) is 0 Å². The Balaban J connectivity index is 2.73. The summed E-state index contributed by atoms with van der Waals surface area (Å²) in [6, 6.07) is 8.98. The molecule has 0 amide bonds. The van der Waals surface area contributed by atoms with Crippen molar-refractivity contribution in [1.82, 2.24) is 0 Å². The quantitative estimate of drug-likeness (QED) is 0.625. The van der Waals surface area contributed by atoms with Gasteiger partial charge in [0.25, 0.3) is 0 Å². The molecule has 0 bridgehead atoms. The second-order valence-electron chi connectivity index (χ2n) is 4.24. The summed E-state index contributed by atoms with van der Waals surface area (Å²) in [6.45, 7) is 0.635. The summed E-state index contributed by atoms with van der Waals surface area (Å²) in [5.74, 6) is -0.976. The highest BCUT2D eigenvalue weighted by Crippen LogP contribution is 2.25. The zero-order valence-electron chi connectivity index (χ0n) is 9.93. The highest BCUT2D eigenvalue weighted by molar-refractivity contribution is 5.80. The molecular formula is C13H20N2O2. The smallest absolute Gasteiger partial charge is 0.328 e. The van der Waals surface area contributed by atoms with Crippen molar-refractivity contribution in [3.8, 4) is 0 Å². The van der Waals surface area contributed by atoms with Gasteiger partial charge in [0.1, 0.15) is 5.54 Å². The fourth-order valence-corrected chi connectivity index (χ4v) is 1.84. The van der Waals surface area contributed by atoms with Gasteiger partial charge in [-0.3, -0.25) is 0 Å². The minimum Gasteiger partial charge on any atom is -0.480 e. The van der Waals surface area contributed by atoms with E-state index in [0.29, 0.717) is 18.5 Å². The van der Waals surface area contributed by atoms with Crippen LogP contribution in [0.25, 0.3) is 0 Å². The highest BCUT2D eigenvalue weighted by Gasteiger charge is 2.34. The third-order valence-corrected chi connectivity index (χ3v) is 2.95. The fraction of sp³-hybridized carbons (Fsp3) is 0.462. The van der Waals surface area contributed by atoms with E-state index in [9.17, 15) is 9.90 Å². The molecule has 0 aliphatic carbocycles. The lowest BCUT2D eigenvalue weighted by atomic mass is 9.86. The number of nitrogens with two attached hydrogens (primary N) is 2. The maximum atomic E-state index is 11.3. The number of hydrogen-bond donors (Lipinski definition) is 3. The van der Waals surface area contributed by atoms with Crippen LogP contribution in [0.4, 0.5) is 0 Å². The molecule has 94 valence electrons. The van der Waals surface area contributed by atoms with Crippen molar-refractivity contribution in [2.24, 2.45) is 11.5 Å². The molecule has 1 aromatic rings. The van der Waals surface area contributed by atoms with E-state index >= 15 is 0 Å². The Morgan fingerprint density at radius 1 is 1.18 bits per heavy atom. The molecular weight excluding hydrogens is 216 g/mol. The zero-order valence-corrected chi connectivity index (χ0v) is 9.93. The minimum absolute atomic E-state index is 0.437. The molecule has 0 saturated carbocycles. The van der Waals surface area contributed by atoms with Gasteiger partial charge in [-0.15, -0.1) is 0 Å². The molecule has 0 heterocycles. The van der Waals surface area contributed by atoms with E-state index in [4.69, 9.17) is 11.5 Å². The summed E-state index contributed by atoms with van der Waals surface area (Å²) in [5, 5.41) is 9.29. The Hall–Kier alpha value is -1.39. The van der Waals surface area contributed by atoms with Gasteiger partial charge in [-0.05, 0) is 24.9 Å². The number of unbranched alkanes of at least 4 members (excludes halogenated alkanes) is 2. The molecule has 4 heteroatoms. The van der Waals surface area contributed by atoms with E-state index in [2.05, 4.69) is 0 Å². The topological polar surface area (TPSA) is 89.3 Å². The van der Waals surface area contributed by atoms with Crippen LogP contribution in [0.1, 0.15) is 31.2 Å². The Morgan fingerprint density at radius 2 is 1.82 bits per heavy atom. The molecule has 0 unspecified atom stereocenters. The third-order valence-electron chi connectivity index (χ3n) is 2.95. The summed E-state index contributed by atoms with van der Waals surface area (Å²) in [5.41, 5.74) is 10.8.